The smallest absolute Gasteiger partial charge is 0.161 e. The Labute approximate surface area is 155 Å². The van der Waals surface area contributed by atoms with Crippen LogP contribution in [-0.4, -0.2) is 56.6 Å². The Balaban J connectivity index is 1.93. The predicted molar refractivity (Wildman–Crippen MR) is 98.1 cm³/mol. The Morgan fingerprint density at radius 2 is 1.88 bits per heavy atom. The third kappa shape index (κ3) is 3.40. The summed E-state index contributed by atoms with van der Waals surface area (Å²) in [5.41, 5.74) is 2.21. The number of hydrogen-bond acceptors (Lipinski definition) is 4. The molecule has 1 aromatic carbocycles. The van der Waals surface area contributed by atoms with Gasteiger partial charge in [0.05, 0.1) is 22.3 Å². The van der Waals surface area contributed by atoms with Gasteiger partial charge in [-0.3, -0.25) is 4.90 Å². The molecule has 1 aromatic rings. The van der Waals surface area contributed by atoms with Crippen molar-refractivity contribution in [1.82, 2.24) is 9.80 Å². The summed E-state index contributed by atoms with van der Waals surface area (Å²) >= 11 is 0. The van der Waals surface area contributed by atoms with Crippen molar-refractivity contribution in [2.45, 2.75) is 45.7 Å². The molecule has 0 bridgehead atoms. The lowest BCUT2D eigenvalue weighted by Gasteiger charge is -2.49. The van der Waals surface area contributed by atoms with E-state index in [1.807, 2.05) is 0 Å². The normalized spacial score (nSPS) is 29.8. The molecule has 4 heteroatoms. The molecule has 0 aliphatic carbocycles. The molecule has 0 N–H and O–H groups in total. The maximum absolute atomic E-state index is 7.46. The number of fused-ring (bicyclic) bond motifs is 3. The van der Waals surface area contributed by atoms with Crippen molar-refractivity contribution in [2.75, 3.05) is 40.8 Å². The minimum absolute atomic E-state index is 0.0481. The Kier molecular flexibility index (Phi) is 3.11. The van der Waals surface area contributed by atoms with Crippen LogP contribution < -0.4 is 9.47 Å². The Hall–Kier alpha value is -1.26. The van der Waals surface area contributed by atoms with Crippen molar-refractivity contribution in [1.29, 1.82) is 0 Å². The van der Waals surface area contributed by atoms with Crippen LogP contribution in [0.25, 0.3) is 0 Å². The molecule has 2 unspecified atom stereocenters. The summed E-state index contributed by atoms with van der Waals surface area (Å²) in [6, 6.07) is 3.87. The quantitative estimate of drug-likeness (QED) is 0.844. The molecule has 2 atom stereocenters. The van der Waals surface area contributed by atoms with Crippen LogP contribution in [0.2, 0.25) is 0 Å². The summed E-state index contributed by atoms with van der Waals surface area (Å²) in [6.45, 7) is 9.40. The van der Waals surface area contributed by atoms with Crippen LogP contribution in [0, 0.1) is 5.41 Å². The Morgan fingerprint density at radius 1 is 1.17 bits per heavy atom. The fourth-order valence-corrected chi connectivity index (χ4v) is 4.11. The molecule has 0 aromatic heterocycles. The molecule has 134 valence electrons. The molecule has 0 spiro atoms. The number of nitrogens with zero attached hydrogens (tertiary/aromatic N) is 2. The SMILES string of the molecule is [2H]C([2H])([2H])Oc1cc2c(cc1OC([2H])([2H])[2H])C1CN(C)C(CC(C)(C)C)CN1CC2. The zero-order valence-electron chi connectivity index (χ0n) is 21.1. The molecule has 3 rings (SSSR count). The first-order valence-corrected chi connectivity index (χ1v) is 8.60. The lowest BCUT2D eigenvalue weighted by molar-refractivity contribution is 0.0213. The van der Waals surface area contributed by atoms with E-state index in [-0.39, 0.29) is 23.0 Å². The summed E-state index contributed by atoms with van der Waals surface area (Å²) < 4.78 is 54.8. The molecule has 24 heavy (non-hydrogen) atoms. The highest BCUT2D eigenvalue weighted by Crippen LogP contribution is 2.40. The lowest BCUT2D eigenvalue weighted by atomic mass is 9.84. The standard InChI is InChI=1S/C20H32N2O2/c1-20(2,3)11-15-12-22-8-7-14-9-18(23-5)19(24-6)10-16(14)17(22)13-21(15)4/h9-10,15,17H,7-8,11-13H2,1-6H3/i5D3,6D3. The Bertz CT molecular complexity index is 772. The van der Waals surface area contributed by atoms with Gasteiger partial charge < -0.3 is 14.4 Å². The van der Waals surface area contributed by atoms with Gasteiger partial charge in [0.15, 0.2) is 11.5 Å². The molecule has 2 aliphatic rings. The highest BCUT2D eigenvalue weighted by atomic mass is 16.5. The van der Waals surface area contributed by atoms with E-state index in [1.54, 1.807) is 12.1 Å². The molecule has 0 radical (unpaired) electrons. The van der Waals surface area contributed by atoms with Crippen molar-refractivity contribution >= 4 is 0 Å². The van der Waals surface area contributed by atoms with Gasteiger partial charge in [-0.15, -0.1) is 0 Å². The monoisotopic (exact) mass is 338 g/mol. The van der Waals surface area contributed by atoms with Crippen molar-refractivity contribution in [2.24, 2.45) is 5.41 Å². The summed E-state index contributed by atoms with van der Waals surface area (Å²) in [7, 11) is -3.25. The number of ether oxygens (including phenoxy) is 2. The third-order valence-electron chi connectivity index (χ3n) is 5.27. The number of likely N-dealkylation sites (N-methyl/N-ethyl adjacent to an activating group) is 1. The maximum atomic E-state index is 7.46. The van der Waals surface area contributed by atoms with E-state index in [0.29, 0.717) is 6.04 Å². The second-order valence-electron chi connectivity index (χ2n) is 8.32. The first-order valence-electron chi connectivity index (χ1n) is 11.6. The maximum Gasteiger partial charge on any atom is 0.161 e. The van der Waals surface area contributed by atoms with E-state index in [9.17, 15) is 0 Å². The largest absolute Gasteiger partial charge is 0.493 e. The van der Waals surface area contributed by atoms with Gasteiger partial charge in [-0.2, -0.15) is 0 Å². The average Bonchev–Trinajstić information content (AvgIpc) is 2.52. The first-order chi connectivity index (χ1) is 13.6. The number of piperazine rings is 1. The van der Waals surface area contributed by atoms with Gasteiger partial charge in [0, 0.05) is 31.7 Å². The van der Waals surface area contributed by atoms with Crippen molar-refractivity contribution in [3.63, 3.8) is 0 Å². The van der Waals surface area contributed by atoms with Crippen LogP contribution in [0.4, 0.5) is 0 Å². The summed E-state index contributed by atoms with van der Waals surface area (Å²) in [6.07, 6.45) is 1.85. The van der Waals surface area contributed by atoms with Crippen LogP contribution in [0.3, 0.4) is 0 Å². The predicted octanol–water partition coefficient (Wildman–Crippen LogP) is 3.35. The van der Waals surface area contributed by atoms with E-state index < -0.39 is 14.1 Å². The highest BCUT2D eigenvalue weighted by Gasteiger charge is 2.37. The molecule has 2 aliphatic heterocycles. The van der Waals surface area contributed by atoms with Crippen LogP contribution in [-0.2, 0) is 6.42 Å². The summed E-state index contributed by atoms with van der Waals surface area (Å²) in [5, 5.41) is 0. The summed E-state index contributed by atoms with van der Waals surface area (Å²) in [4.78, 5) is 4.82. The first kappa shape index (κ1) is 11.4. The van der Waals surface area contributed by atoms with Gasteiger partial charge in [0.2, 0.25) is 0 Å². The van der Waals surface area contributed by atoms with Crippen molar-refractivity contribution in [3.05, 3.63) is 23.3 Å². The number of benzene rings is 1. The van der Waals surface area contributed by atoms with Gasteiger partial charge in [0.1, 0.15) is 0 Å². The zero-order valence-corrected chi connectivity index (χ0v) is 15.1. The van der Waals surface area contributed by atoms with Crippen LogP contribution >= 0.6 is 0 Å². The van der Waals surface area contributed by atoms with Gasteiger partial charge in [0.25, 0.3) is 0 Å². The number of methoxy groups -OCH3 is 2. The molecule has 1 fully saturated rings. The van der Waals surface area contributed by atoms with Gasteiger partial charge >= 0.3 is 0 Å². The molecule has 0 saturated carbocycles. The second kappa shape index (κ2) is 6.57. The van der Waals surface area contributed by atoms with E-state index in [1.165, 1.54) is 0 Å². The van der Waals surface area contributed by atoms with E-state index in [0.717, 1.165) is 43.6 Å². The third-order valence-corrected chi connectivity index (χ3v) is 5.27. The molecule has 4 nitrogen and oxygen atoms in total. The highest BCUT2D eigenvalue weighted by molar-refractivity contribution is 5.49. The molecule has 2 heterocycles. The van der Waals surface area contributed by atoms with Gasteiger partial charge in [-0.05, 0) is 48.6 Å². The fourth-order valence-electron chi connectivity index (χ4n) is 4.11. The molecular formula is C20H32N2O2. The van der Waals surface area contributed by atoms with Crippen LogP contribution in [0.5, 0.6) is 11.5 Å². The summed E-state index contributed by atoms with van der Waals surface area (Å²) in [5.74, 6) is -0.0979. The lowest BCUT2D eigenvalue weighted by Crippen LogP contribution is -2.55. The number of rotatable bonds is 3. The van der Waals surface area contributed by atoms with E-state index >= 15 is 0 Å². The van der Waals surface area contributed by atoms with Crippen LogP contribution in [0.15, 0.2) is 12.1 Å². The zero-order chi connectivity index (χ0) is 22.5. The van der Waals surface area contributed by atoms with Crippen molar-refractivity contribution in [3.8, 4) is 11.5 Å². The van der Waals surface area contributed by atoms with Crippen LogP contribution in [0.1, 0.15) is 52.6 Å². The molecular weight excluding hydrogens is 300 g/mol. The minimum atomic E-state index is -2.70. The van der Waals surface area contributed by atoms with E-state index in [2.05, 4.69) is 37.6 Å². The average molecular weight is 339 g/mol. The van der Waals surface area contributed by atoms with Gasteiger partial charge in [-0.25, -0.2) is 0 Å². The fraction of sp³-hybridized carbons (Fsp3) is 0.700. The number of hydrogen-bond donors (Lipinski definition) is 0. The Morgan fingerprint density at radius 3 is 2.54 bits per heavy atom. The molecule has 1 saturated heterocycles. The van der Waals surface area contributed by atoms with E-state index in [4.69, 9.17) is 17.7 Å². The topological polar surface area (TPSA) is 24.9 Å². The van der Waals surface area contributed by atoms with Crippen molar-refractivity contribution < 1.29 is 17.7 Å². The minimum Gasteiger partial charge on any atom is -0.493 e. The second-order valence-corrected chi connectivity index (χ2v) is 8.32. The molecule has 0 amide bonds. The van der Waals surface area contributed by atoms with Gasteiger partial charge in [-0.1, -0.05) is 20.8 Å².